The Bertz CT molecular complexity index is 379. The van der Waals surface area contributed by atoms with Crippen LogP contribution in [0.3, 0.4) is 0 Å². The van der Waals surface area contributed by atoms with Crippen molar-refractivity contribution in [3.05, 3.63) is 17.3 Å². The summed E-state index contributed by atoms with van der Waals surface area (Å²) in [5.74, 6) is -0.176. The van der Waals surface area contributed by atoms with E-state index in [0.29, 0.717) is 18.1 Å². The smallest absolute Gasteiger partial charge is 0.358 e. The average Bonchev–Trinajstić information content (AvgIpc) is 2.83. The van der Waals surface area contributed by atoms with Crippen LogP contribution in [0.4, 0.5) is 0 Å². The van der Waals surface area contributed by atoms with E-state index in [1.165, 1.54) is 0 Å². The van der Waals surface area contributed by atoms with Gasteiger partial charge in [0, 0.05) is 13.0 Å². The third kappa shape index (κ3) is 2.41. The highest BCUT2D eigenvalue weighted by molar-refractivity contribution is 5.86. The van der Waals surface area contributed by atoms with Gasteiger partial charge in [-0.05, 0) is 26.2 Å². The van der Waals surface area contributed by atoms with Crippen molar-refractivity contribution in [3.8, 4) is 0 Å². The molecule has 2 heterocycles. The van der Waals surface area contributed by atoms with Gasteiger partial charge in [0.05, 0.1) is 6.10 Å². The number of aryl methyl sites for hydroxylation is 2. The summed E-state index contributed by atoms with van der Waals surface area (Å²) in [7, 11) is 0. The van der Waals surface area contributed by atoms with E-state index in [-0.39, 0.29) is 11.8 Å². The van der Waals surface area contributed by atoms with Crippen molar-refractivity contribution in [1.29, 1.82) is 0 Å². The molecule has 1 aromatic heterocycles. The lowest BCUT2D eigenvalue weighted by atomic mass is 10.1. The van der Waals surface area contributed by atoms with Gasteiger partial charge in [0.2, 0.25) is 0 Å². The fraction of sp³-hybridized carbons (Fsp3) is 0.636. The van der Waals surface area contributed by atoms with E-state index in [1.54, 1.807) is 6.92 Å². The zero-order valence-electron chi connectivity index (χ0n) is 9.23. The molecule has 1 aliphatic heterocycles. The normalized spacial score (nSPS) is 20.2. The summed E-state index contributed by atoms with van der Waals surface area (Å²) in [6.07, 6.45) is 3.94. The van der Waals surface area contributed by atoms with Crippen molar-refractivity contribution in [2.24, 2.45) is 0 Å². The lowest BCUT2D eigenvalue weighted by molar-refractivity contribution is 0.0689. The number of hydrogen-bond acceptors (Lipinski definition) is 4. The van der Waals surface area contributed by atoms with Gasteiger partial charge in [-0.15, -0.1) is 0 Å². The monoisotopic (exact) mass is 225 g/mol. The van der Waals surface area contributed by atoms with Crippen molar-refractivity contribution >= 4 is 5.97 Å². The van der Waals surface area contributed by atoms with E-state index in [2.05, 4.69) is 4.98 Å². The number of carbonyl (C=O) groups is 1. The molecule has 1 atom stereocenters. The fourth-order valence-electron chi connectivity index (χ4n) is 1.91. The number of carboxylic acid groups (broad SMARTS) is 1. The third-order valence-electron chi connectivity index (χ3n) is 2.75. The van der Waals surface area contributed by atoms with E-state index >= 15 is 0 Å². The van der Waals surface area contributed by atoms with Crippen LogP contribution in [0, 0.1) is 6.92 Å². The van der Waals surface area contributed by atoms with Gasteiger partial charge < -0.3 is 14.3 Å². The fourth-order valence-corrected chi connectivity index (χ4v) is 1.91. The molecule has 0 amide bonds. The molecule has 16 heavy (non-hydrogen) atoms. The Hall–Kier alpha value is -1.36. The zero-order chi connectivity index (χ0) is 11.5. The largest absolute Gasteiger partial charge is 0.476 e. The summed E-state index contributed by atoms with van der Waals surface area (Å²) >= 11 is 0. The molecule has 0 radical (unpaired) electrons. The number of nitrogens with zero attached hydrogens (tertiary/aromatic N) is 1. The molecule has 1 saturated heterocycles. The van der Waals surface area contributed by atoms with Gasteiger partial charge in [-0.2, -0.15) is 0 Å². The Kier molecular flexibility index (Phi) is 3.24. The van der Waals surface area contributed by atoms with Crippen LogP contribution in [0.25, 0.3) is 0 Å². The van der Waals surface area contributed by atoms with Crippen LogP contribution in [0.2, 0.25) is 0 Å². The maximum Gasteiger partial charge on any atom is 0.358 e. The minimum Gasteiger partial charge on any atom is -0.476 e. The van der Waals surface area contributed by atoms with Crippen LogP contribution >= 0.6 is 0 Å². The minimum atomic E-state index is -1.04. The molecule has 5 nitrogen and oxygen atoms in total. The van der Waals surface area contributed by atoms with Crippen LogP contribution < -0.4 is 0 Å². The van der Waals surface area contributed by atoms with E-state index in [9.17, 15) is 4.79 Å². The molecule has 1 aromatic rings. The predicted molar refractivity (Wildman–Crippen MR) is 55.5 cm³/mol. The molecule has 5 heteroatoms. The molecule has 1 aliphatic rings. The van der Waals surface area contributed by atoms with Gasteiger partial charge in [0.25, 0.3) is 0 Å². The van der Waals surface area contributed by atoms with E-state index < -0.39 is 5.97 Å². The Morgan fingerprint density at radius 2 is 2.44 bits per heavy atom. The first-order valence-corrected chi connectivity index (χ1v) is 5.48. The molecular weight excluding hydrogens is 210 g/mol. The summed E-state index contributed by atoms with van der Waals surface area (Å²) in [6, 6.07) is 0. The van der Waals surface area contributed by atoms with Crippen LogP contribution in [0.15, 0.2) is 4.42 Å². The molecule has 1 unspecified atom stereocenters. The molecule has 1 fully saturated rings. The van der Waals surface area contributed by atoms with Crippen LogP contribution in [0.5, 0.6) is 0 Å². The maximum absolute atomic E-state index is 10.7. The summed E-state index contributed by atoms with van der Waals surface area (Å²) in [5, 5.41) is 8.81. The molecule has 0 aromatic carbocycles. The summed E-state index contributed by atoms with van der Waals surface area (Å²) < 4.78 is 10.8. The lowest BCUT2D eigenvalue weighted by Gasteiger charge is -2.05. The SMILES string of the molecule is Cc1oc(CCC2CCCO2)nc1C(=O)O. The second-order valence-electron chi connectivity index (χ2n) is 3.99. The first-order chi connectivity index (χ1) is 7.66. The van der Waals surface area contributed by atoms with Gasteiger partial charge in [-0.3, -0.25) is 0 Å². The lowest BCUT2D eigenvalue weighted by Crippen LogP contribution is -2.06. The van der Waals surface area contributed by atoms with Gasteiger partial charge in [0.15, 0.2) is 11.6 Å². The van der Waals surface area contributed by atoms with Gasteiger partial charge in [-0.25, -0.2) is 9.78 Å². The molecule has 1 N–H and O–H groups in total. The topological polar surface area (TPSA) is 72.6 Å². The van der Waals surface area contributed by atoms with Crippen molar-refractivity contribution in [3.63, 3.8) is 0 Å². The maximum atomic E-state index is 10.7. The highest BCUT2D eigenvalue weighted by Gasteiger charge is 2.19. The molecule has 2 rings (SSSR count). The van der Waals surface area contributed by atoms with E-state index in [1.807, 2.05) is 0 Å². The summed E-state index contributed by atoms with van der Waals surface area (Å²) in [5.41, 5.74) is 0.0161. The quantitative estimate of drug-likeness (QED) is 0.845. The Labute approximate surface area is 93.4 Å². The van der Waals surface area contributed by atoms with Crippen molar-refractivity contribution in [2.45, 2.75) is 38.7 Å². The van der Waals surface area contributed by atoms with E-state index in [4.69, 9.17) is 14.3 Å². The highest BCUT2D eigenvalue weighted by atomic mass is 16.5. The summed E-state index contributed by atoms with van der Waals surface area (Å²) in [6.45, 7) is 2.45. The first-order valence-electron chi connectivity index (χ1n) is 5.48. The number of oxazole rings is 1. The van der Waals surface area contributed by atoms with Crippen LogP contribution in [-0.4, -0.2) is 28.8 Å². The number of ether oxygens (including phenoxy) is 1. The van der Waals surface area contributed by atoms with E-state index in [0.717, 1.165) is 25.9 Å². The van der Waals surface area contributed by atoms with Crippen LogP contribution in [-0.2, 0) is 11.2 Å². The molecule has 0 aliphatic carbocycles. The molecule has 0 bridgehead atoms. The van der Waals surface area contributed by atoms with Gasteiger partial charge in [0.1, 0.15) is 5.76 Å². The van der Waals surface area contributed by atoms with Crippen molar-refractivity contribution in [2.75, 3.05) is 6.61 Å². The molecule has 88 valence electrons. The molecular formula is C11H15NO4. The average molecular weight is 225 g/mol. The minimum absolute atomic E-state index is 0.0161. The van der Waals surface area contributed by atoms with Crippen molar-refractivity contribution < 1.29 is 19.1 Å². The molecule has 0 saturated carbocycles. The zero-order valence-corrected chi connectivity index (χ0v) is 9.23. The number of hydrogen-bond donors (Lipinski definition) is 1. The summed E-state index contributed by atoms with van der Waals surface area (Å²) in [4.78, 5) is 14.7. The number of aromatic carboxylic acids is 1. The highest BCUT2D eigenvalue weighted by Crippen LogP contribution is 2.18. The number of carboxylic acids is 1. The second kappa shape index (κ2) is 4.65. The van der Waals surface area contributed by atoms with Crippen molar-refractivity contribution in [1.82, 2.24) is 4.98 Å². The van der Waals surface area contributed by atoms with Gasteiger partial charge >= 0.3 is 5.97 Å². The Morgan fingerprint density at radius 1 is 1.62 bits per heavy atom. The predicted octanol–water partition coefficient (Wildman–Crippen LogP) is 1.79. The first kappa shape index (κ1) is 11.1. The molecule has 0 spiro atoms. The standard InChI is InChI=1S/C11H15NO4/c1-7-10(11(13)14)12-9(16-7)5-4-8-3-2-6-15-8/h8H,2-6H2,1H3,(H,13,14). The Morgan fingerprint density at radius 3 is 3.00 bits per heavy atom. The van der Waals surface area contributed by atoms with Crippen LogP contribution in [0.1, 0.15) is 41.4 Å². The third-order valence-corrected chi connectivity index (χ3v) is 2.75. The number of aromatic nitrogens is 1. The number of rotatable bonds is 4. The van der Waals surface area contributed by atoms with Gasteiger partial charge in [-0.1, -0.05) is 0 Å². The Balaban J connectivity index is 1.94. The second-order valence-corrected chi connectivity index (χ2v) is 3.99.